The smallest absolute Gasteiger partial charge is 0.242 e. The largest absolute Gasteiger partial charge is 0.479 e. The van der Waals surface area contributed by atoms with Crippen LogP contribution in [0.5, 0.6) is 5.88 Å². The van der Waals surface area contributed by atoms with Crippen LogP contribution in [0.15, 0.2) is 28.7 Å². The summed E-state index contributed by atoms with van der Waals surface area (Å²) in [5, 5.41) is 10.8. The van der Waals surface area contributed by atoms with Gasteiger partial charge in [-0.1, -0.05) is 15.9 Å². The van der Waals surface area contributed by atoms with Gasteiger partial charge < -0.3 is 15.4 Å². The molecule has 0 aliphatic rings. The van der Waals surface area contributed by atoms with Crippen molar-refractivity contribution in [2.45, 2.75) is 33.1 Å². The van der Waals surface area contributed by atoms with Crippen molar-refractivity contribution in [3.8, 4) is 5.88 Å². The van der Waals surface area contributed by atoms with Gasteiger partial charge in [-0.05, 0) is 55.7 Å². The molecule has 0 radical (unpaired) electrons. The van der Waals surface area contributed by atoms with E-state index in [1.165, 1.54) is 0 Å². The van der Waals surface area contributed by atoms with Crippen LogP contribution in [0.2, 0.25) is 0 Å². The molecule has 0 fully saturated rings. The number of fused-ring (bicyclic) bond motifs is 1. The maximum atomic E-state index is 12.3. The van der Waals surface area contributed by atoms with Crippen molar-refractivity contribution in [2.75, 3.05) is 19.0 Å². The Morgan fingerprint density at radius 2 is 1.84 bits per heavy atom. The van der Waals surface area contributed by atoms with Gasteiger partial charge in [0.25, 0.3) is 0 Å². The first-order valence-corrected chi connectivity index (χ1v) is 10.8. The summed E-state index contributed by atoms with van der Waals surface area (Å²) in [6, 6.07) is 7.34. The minimum atomic E-state index is -0.146. The highest BCUT2D eigenvalue weighted by Crippen LogP contribution is 2.30. The van der Waals surface area contributed by atoms with Crippen molar-refractivity contribution in [3.05, 3.63) is 45.6 Å². The molecule has 2 aromatic heterocycles. The average Bonchev–Trinajstić information content (AvgIpc) is 3.05. The van der Waals surface area contributed by atoms with Gasteiger partial charge in [0.2, 0.25) is 17.7 Å². The van der Waals surface area contributed by atoms with Crippen LogP contribution in [0.25, 0.3) is 11.0 Å². The Kier molecular flexibility index (Phi) is 7.27. The van der Waals surface area contributed by atoms with Gasteiger partial charge in [0, 0.05) is 42.3 Å². The van der Waals surface area contributed by atoms with Crippen LogP contribution in [0, 0.1) is 13.8 Å². The molecule has 8 nitrogen and oxygen atoms in total. The lowest BCUT2D eigenvalue weighted by atomic mass is 10.00. The van der Waals surface area contributed by atoms with Gasteiger partial charge >= 0.3 is 0 Å². The van der Waals surface area contributed by atoms with E-state index in [1.807, 2.05) is 45.2 Å². The summed E-state index contributed by atoms with van der Waals surface area (Å²) >= 11 is 3.36. The molecule has 9 heteroatoms. The lowest BCUT2D eigenvalue weighted by Gasteiger charge is -2.11. The van der Waals surface area contributed by atoms with E-state index in [1.54, 1.807) is 11.8 Å². The molecule has 0 aliphatic heterocycles. The number of rotatable bonds is 8. The number of aryl methyl sites for hydroxylation is 3. The van der Waals surface area contributed by atoms with Gasteiger partial charge in [0.1, 0.15) is 0 Å². The van der Waals surface area contributed by atoms with Crippen molar-refractivity contribution in [2.24, 2.45) is 7.05 Å². The number of hydrogen-bond donors (Lipinski definition) is 2. The third-order valence-electron chi connectivity index (χ3n) is 5.12. The van der Waals surface area contributed by atoms with Crippen molar-refractivity contribution in [1.29, 1.82) is 0 Å². The van der Waals surface area contributed by atoms with E-state index in [2.05, 4.69) is 36.6 Å². The minimum absolute atomic E-state index is 0.103. The molecule has 2 amide bonds. The SMILES string of the molecule is COc1nn(C)c2nc(C)c(CCC(=O)NCCC(=O)Nc3ccc(Br)cc3)c(C)c12. The molecule has 2 heterocycles. The number of carbonyl (C=O) groups is 2. The molecule has 0 saturated heterocycles. The first-order chi connectivity index (χ1) is 14.8. The molecule has 31 heavy (non-hydrogen) atoms. The third kappa shape index (κ3) is 5.41. The summed E-state index contributed by atoms with van der Waals surface area (Å²) in [6.07, 6.45) is 1.07. The Bertz CT molecular complexity index is 1110. The number of ether oxygens (including phenoxy) is 1. The quantitative estimate of drug-likeness (QED) is 0.507. The van der Waals surface area contributed by atoms with E-state index in [0.717, 1.165) is 38.0 Å². The number of halogens is 1. The van der Waals surface area contributed by atoms with E-state index in [9.17, 15) is 9.59 Å². The normalized spacial score (nSPS) is 10.9. The first-order valence-electron chi connectivity index (χ1n) is 9.99. The monoisotopic (exact) mass is 487 g/mol. The van der Waals surface area contributed by atoms with Crippen LogP contribution in [-0.2, 0) is 23.1 Å². The summed E-state index contributed by atoms with van der Waals surface area (Å²) in [4.78, 5) is 29.0. The molecule has 0 aliphatic carbocycles. The van der Waals surface area contributed by atoms with Crippen molar-refractivity contribution in [1.82, 2.24) is 20.1 Å². The number of pyridine rings is 1. The molecule has 3 rings (SSSR count). The summed E-state index contributed by atoms with van der Waals surface area (Å²) in [7, 11) is 3.41. The maximum Gasteiger partial charge on any atom is 0.242 e. The number of benzene rings is 1. The number of amides is 2. The molecule has 0 unspecified atom stereocenters. The molecule has 1 aromatic carbocycles. The Labute approximate surface area is 189 Å². The van der Waals surface area contributed by atoms with Gasteiger partial charge in [-0.25, -0.2) is 9.67 Å². The van der Waals surface area contributed by atoms with Crippen LogP contribution in [0.1, 0.15) is 29.7 Å². The molecule has 0 bridgehead atoms. The fourth-order valence-corrected chi connectivity index (χ4v) is 3.77. The predicted octanol–water partition coefficient (Wildman–Crippen LogP) is 3.43. The molecule has 2 N–H and O–H groups in total. The van der Waals surface area contributed by atoms with Crippen LogP contribution in [0.3, 0.4) is 0 Å². The second kappa shape index (κ2) is 9.91. The van der Waals surface area contributed by atoms with Crippen molar-refractivity contribution < 1.29 is 14.3 Å². The highest BCUT2D eigenvalue weighted by molar-refractivity contribution is 9.10. The molecule has 3 aromatic rings. The van der Waals surface area contributed by atoms with E-state index in [0.29, 0.717) is 18.7 Å². The maximum absolute atomic E-state index is 12.3. The molecule has 164 valence electrons. The molecule has 0 atom stereocenters. The number of carbonyl (C=O) groups excluding carboxylic acids is 2. The highest BCUT2D eigenvalue weighted by Gasteiger charge is 2.18. The standard InChI is InChI=1S/C22H26BrN5O3/c1-13-17(14(2)25-21-20(13)22(31-4)27-28(21)3)9-10-18(29)24-12-11-19(30)26-16-7-5-15(23)6-8-16/h5-8H,9-12H2,1-4H3,(H,24,29)(H,26,30). The van der Waals surface area contributed by atoms with E-state index < -0.39 is 0 Å². The Balaban J connectivity index is 1.53. The average molecular weight is 488 g/mol. The number of methoxy groups -OCH3 is 1. The van der Waals surface area contributed by atoms with Gasteiger partial charge in [-0.2, -0.15) is 0 Å². The van der Waals surface area contributed by atoms with Crippen LogP contribution < -0.4 is 15.4 Å². The second-order valence-corrected chi connectivity index (χ2v) is 8.20. The highest BCUT2D eigenvalue weighted by atomic mass is 79.9. The van der Waals surface area contributed by atoms with E-state index >= 15 is 0 Å². The minimum Gasteiger partial charge on any atom is -0.479 e. The van der Waals surface area contributed by atoms with Gasteiger partial charge in [0.05, 0.1) is 12.5 Å². The zero-order chi connectivity index (χ0) is 22.5. The number of hydrogen-bond acceptors (Lipinski definition) is 5. The third-order valence-corrected chi connectivity index (χ3v) is 5.65. The Morgan fingerprint density at radius 3 is 2.52 bits per heavy atom. The van der Waals surface area contributed by atoms with Crippen LogP contribution >= 0.6 is 15.9 Å². The fraction of sp³-hybridized carbons (Fsp3) is 0.364. The number of nitrogens with one attached hydrogen (secondary N) is 2. The summed E-state index contributed by atoms with van der Waals surface area (Å²) in [6.45, 7) is 4.22. The van der Waals surface area contributed by atoms with Crippen LogP contribution in [-0.4, -0.2) is 40.2 Å². The van der Waals surface area contributed by atoms with Crippen molar-refractivity contribution >= 4 is 44.5 Å². The molecule has 0 saturated carbocycles. The Morgan fingerprint density at radius 1 is 1.13 bits per heavy atom. The topological polar surface area (TPSA) is 98.1 Å². The molecule has 0 spiro atoms. The number of nitrogens with zero attached hydrogens (tertiary/aromatic N) is 3. The second-order valence-electron chi connectivity index (χ2n) is 7.29. The summed E-state index contributed by atoms with van der Waals surface area (Å²) < 4.78 is 8.02. The van der Waals surface area contributed by atoms with E-state index in [-0.39, 0.29) is 24.8 Å². The lowest BCUT2D eigenvalue weighted by molar-refractivity contribution is -0.121. The summed E-state index contributed by atoms with van der Waals surface area (Å²) in [5.74, 6) is 0.283. The Hall–Kier alpha value is -2.94. The summed E-state index contributed by atoms with van der Waals surface area (Å²) in [5.41, 5.74) is 4.39. The molecular formula is C22H26BrN5O3. The first kappa shape index (κ1) is 22.7. The number of aromatic nitrogens is 3. The van der Waals surface area contributed by atoms with E-state index in [4.69, 9.17) is 4.74 Å². The van der Waals surface area contributed by atoms with Crippen LogP contribution in [0.4, 0.5) is 5.69 Å². The fourth-order valence-electron chi connectivity index (χ4n) is 3.51. The van der Waals surface area contributed by atoms with Gasteiger partial charge in [-0.3, -0.25) is 9.59 Å². The zero-order valence-electron chi connectivity index (χ0n) is 18.1. The van der Waals surface area contributed by atoms with Gasteiger partial charge in [0.15, 0.2) is 5.65 Å². The zero-order valence-corrected chi connectivity index (χ0v) is 19.7. The van der Waals surface area contributed by atoms with Gasteiger partial charge in [-0.15, -0.1) is 5.10 Å². The lowest BCUT2D eigenvalue weighted by Crippen LogP contribution is -2.28. The van der Waals surface area contributed by atoms with Crippen molar-refractivity contribution in [3.63, 3.8) is 0 Å². The number of anilines is 1. The molecular weight excluding hydrogens is 462 g/mol. The predicted molar refractivity (Wildman–Crippen MR) is 123 cm³/mol.